The Hall–Kier alpha value is -0.200. The molecule has 136 valence electrons. The molecule has 0 aromatic carbocycles. The Morgan fingerprint density at radius 3 is 1.87 bits per heavy atom. The largest absolute Gasteiger partial charge is 0.394 e. The minimum absolute atomic E-state index is 0.00563. The van der Waals surface area contributed by atoms with E-state index in [4.69, 9.17) is 14.2 Å². The molecule has 10 atom stereocenters. The van der Waals surface area contributed by atoms with Gasteiger partial charge in [-0.25, -0.2) is 0 Å². The Kier molecular flexibility index (Phi) is 6.48. The first kappa shape index (κ1) is 19.1. The van der Waals surface area contributed by atoms with Gasteiger partial charge in [-0.2, -0.15) is 0 Å². The molecule has 0 aromatic heterocycles. The molecule has 0 saturated carbocycles. The fraction of sp³-hybridized carbons (Fsp3) is 1.00. The van der Waals surface area contributed by atoms with Crippen LogP contribution in [0.3, 0.4) is 0 Å². The number of hydrogen-bond acceptors (Lipinski definition) is 5. The second-order valence-electron chi connectivity index (χ2n) is 7.68. The molecule has 2 aliphatic heterocycles. The van der Waals surface area contributed by atoms with Crippen molar-refractivity contribution < 1.29 is 24.4 Å². The van der Waals surface area contributed by atoms with Gasteiger partial charge >= 0.3 is 0 Å². The molecule has 0 aromatic rings. The Morgan fingerprint density at radius 1 is 0.696 bits per heavy atom. The van der Waals surface area contributed by atoms with Crippen LogP contribution in [-0.4, -0.2) is 54.1 Å². The Bertz CT molecular complexity index is 372. The summed E-state index contributed by atoms with van der Waals surface area (Å²) < 4.78 is 18.3. The molecule has 2 rings (SSSR count). The third-order valence-corrected chi connectivity index (χ3v) is 6.48. The fourth-order valence-electron chi connectivity index (χ4n) is 3.91. The van der Waals surface area contributed by atoms with Crippen LogP contribution < -0.4 is 0 Å². The van der Waals surface area contributed by atoms with Gasteiger partial charge in [0.2, 0.25) is 0 Å². The third-order valence-electron chi connectivity index (χ3n) is 6.48. The normalized spacial score (nSPS) is 51.7. The molecule has 0 radical (unpaired) electrons. The molecule has 2 heterocycles. The monoisotopic (exact) mass is 330 g/mol. The zero-order valence-corrected chi connectivity index (χ0v) is 15.3. The van der Waals surface area contributed by atoms with E-state index in [1.165, 1.54) is 0 Å². The molecule has 0 bridgehead atoms. The molecule has 23 heavy (non-hydrogen) atoms. The van der Waals surface area contributed by atoms with Gasteiger partial charge in [0.05, 0.1) is 31.5 Å². The molecule has 4 unspecified atom stereocenters. The average Bonchev–Trinajstić information content (AvgIpc) is 2.55. The van der Waals surface area contributed by atoms with Crippen molar-refractivity contribution in [1.82, 2.24) is 0 Å². The van der Waals surface area contributed by atoms with Crippen LogP contribution in [0.2, 0.25) is 0 Å². The first-order valence-corrected chi connectivity index (χ1v) is 8.99. The van der Waals surface area contributed by atoms with Crippen molar-refractivity contribution in [2.24, 2.45) is 29.6 Å². The van der Waals surface area contributed by atoms with Gasteiger partial charge in [-0.15, -0.1) is 0 Å². The molecule has 5 heteroatoms. The molecule has 0 amide bonds. The zero-order chi connectivity index (χ0) is 17.3. The molecule has 2 N–H and O–H groups in total. The van der Waals surface area contributed by atoms with Crippen LogP contribution in [0.25, 0.3) is 0 Å². The second kappa shape index (κ2) is 7.79. The van der Waals surface area contributed by atoms with E-state index >= 15 is 0 Å². The summed E-state index contributed by atoms with van der Waals surface area (Å²) in [5, 5.41) is 19.3. The molecule has 2 saturated heterocycles. The maximum Gasteiger partial charge on any atom is 0.161 e. The van der Waals surface area contributed by atoms with Crippen molar-refractivity contribution >= 4 is 0 Å². The highest BCUT2D eigenvalue weighted by molar-refractivity contribution is 4.89. The second-order valence-corrected chi connectivity index (χ2v) is 7.68. The van der Waals surface area contributed by atoms with Crippen molar-refractivity contribution in [2.75, 3.05) is 13.2 Å². The van der Waals surface area contributed by atoms with E-state index in [0.717, 1.165) is 0 Å². The molecule has 5 nitrogen and oxygen atoms in total. The lowest BCUT2D eigenvalue weighted by Gasteiger charge is -2.48. The van der Waals surface area contributed by atoms with Gasteiger partial charge in [-0.1, -0.05) is 34.6 Å². The molecule has 0 aliphatic carbocycles. The molecular formula is C18H34O5. The number of rotatable bonds is 4. The highest BCUT2D eigenvalue weighted by Gasteiger charge is 2.45. The van der Waals surface area contributed by atoms with E-state index in [0.29, 0.717) is 17.8 Å². The molecule has 2 aliphatic rings. The SMILES string of the molecule is CC1[C@@H](O[C@@H]2C(CO)O[C@@H](C)C(C)[C@H]2C)OC(CO)[C@@H](C)[C@@H]1C. The van der Waals surface area contributed by atoms with Gasteiger partial charge in [0, 0.05) is 5.92 Å². The van der Waals surface area contributed by atoms with E-state index in [1.54, 1.807) is 0 Å². The van der Waals surface area contributed by atoms with Gasteiger partial charge in [0.1, 0.15) is 6.10 Å². The molecule has 2 fully saturated rings. The first-order chi connectivity index (χ1) is 10.8. The maximum absolute atomic E-state index is 9.69. The highest BCUT2D eigenvalue weighted by atomic mass is 16.7. The van der Waals surface area contributed by atoms with Gasteiger partial charge < -0.3 is 24.4 Å². The van der Waals surface area contributed by atoms with E-state index in [9.17, 15) is 10.2 Å². The fourth-order valence-corrected chi connectivity index (χ4v) is 3.91. The van der Waals surface area contributed by atoms with Crippen LogP contribution in [-0.2, 0) is 14.2 Å². The zero-order valence-electron chi connectivity index (χ0n) is 15.3. The summed E-state index contributed by atoms with van der Waals surface area (Å²) in [5.74, 6) is 1.55. The topological polar surface area (TPSA) is 68.2 Å². The van der Waals surface area contributed by atoms with Gasteiger partial charge in [0.25, 0.3) is 0 Å². The molecule has 0 spiro atoms. The van der Waals surface area contributed by atoms with Crippen molar-refractivity contribution in [3.05, 3.63) is 0 Å². The van der Waals surface area contributed by atoms with Gasteiger partial charge in [-0.05, 0) is 30.6 Å². The van der Waals surface area contributed by atoms with Crippen molar-refractivity contribution in [3.63, 3.8) is 0 Å². The maximum atomic E-state index is 9.69. The van der Waals surface area contributed by atoms with Crippen LogP contribution in [0.15, 0.2) is 0 Å². The number of aliphatic hydroxyl groups is 2. The van der Waals surface area contributed by atoms with Crippen LogP contribution in [0.1, 0.15) is 41.5 Å². The summed E-state index contributed by atoms with van der Waals surface area (Å²) in [6.45, 7) is 12.7. The van der Waals surface area contributed by atoms with Crippen molar-refractivity contribution in [2.45, 2.75) is 72.2 Å². The lowest BCUT2D eigenvalue weighted by Crippen LogP contribution is -2.55. The minimum Gasteiger partial charge on any atom is -0.394 e. The van der Waals surface area contributed by atoms with Crippen molar-refractivity contribution in [3.8, 4) is 0 Å². The summed E-state index contributed by atoms with van der Waals surface area (Å²) in [6, 6.07) is 0. The molecular weight excluding hydrogens is 296 g/mol. The van der Waals surface area contributed by atoms with E-state index in [-0.39, 0.29) is 55.8 Å². The Morgan fingerprint density at radius 2 is 1.30 bits per heavy atom. The van der Waals surface area contributed by atoms with Crippen molar-refractivity contribution in [1.29, 1.82) is 0 Å². The number of ether oxygens (including phenoxy) is 3. The predicted molar refractivity (Wildman–Crippen MR) is 87.9 cm³/mol. The first-order valence-electron chi connectivity index (χ1n) is 8.99. The van der Waals surface area contributed by atoms with E-state index in [2.05, 4.69) is 34.6 Å². The smallest absolute Gasteiger partial charge is 0.161 e. The highest BCUT2D eigenvalue weighted by Crippen LogP contribution is 2.39. The quantitative estimate of drug-likeness (QED) is 0.826. The van der Waals surface area contributed by atoms with Crippen LogP contribution in [0, 0.1) is 29.6 Å². The standard InChI is InChI=1S/C18H34O5/c1-9-11(3)15(7-19)22-18(13(9)5)23-17-12(4)10(2)14(6)21-16(17)8-20/h9-20H,7-8H2,1-6H3/t9-,10?,11-,12+,13?,14-,15?,16?,17-,18+/m0/s1. The minimum atomic E-state index is -0.371. The van der Waals surface area contributed by atoms with E-state index < -0.39 is 0 Å². The van der Waals surface area contributed by atoms with Crippen LogP contribution in [0.5, 0.6) is 0 Å². The third kappa shape index (κ3) is 3.74. The van der Waals surface area contributed by atoms with E-state index in [1.807, 2.05) is 6.92 Å². The number of hydrogen-bond donors (Lipinski definition) is 2. The lowest BCUT2D eigenvalue weighted by molar-refractivity contribution is -0.304. The Labute approximate surface area is 140 Å². The predicted octanol–water partition coefficient (Wildman–Crippen LogP) is 2.05. The summed E-state index contributed by atoms with van der Waals surface area (Å²) in [6.07, 6.45) is -0.984. The lowest BCUT2D eigenvalue weighted by atomic mass is 9.78. The average molecular weight is 330 g/mol. The van der Waals surface area contributed by atoms with Gasteiger partial charge in [0.15, 0.2) is 6.29 Å². The summed E-state index contributed by atoms with van der Waals surface area (Å²) in [5.41, 5.74) is 0. The summed E-state index contributed by atoms with van der Waals surface area (Å²) in [4.78, 5) is 0. The van der Waals surface area contributed by atoms with Crippen LogP contribution in [0.4, 0.5) is 0 Å². The number of aliphatic hydroxyl groups excluding tert-OH is 2. The Balaban J connectivity index is 2.11. The summed E-state index contributed by atoms with van der Waals surface area (Å²) in [7, 11) is 0. The van der Waals surface area contributed by atoms with Crippen LogP contribution >= 0.6 is 0 Å². The van der Waals surface area contributed by atoms with Gasteiger partial charge in [-0.3, -0.25) is 0 Å². The summed E-state index contributed by atoms with van der Waals surface area (Å²) >= 11 is 0.